The van der Waals surface area contributed by atoms with Gasteiger partial charge in [-0.2, -0.15) is 0 Å². The van der Waals surface area contributed by atoms with Crippen molar-refractivity contribution < 1.29 is 24.2 Å². The molecule has 3 aliphatic rings. The van der Waals surface area contributed by atoms with Gasteiger partial charge in [-0.1, -0.05) is 19.1 Å². The van der Waals surface area contributed by atoms with Crippen LogP contribution in [0.4, 0.5) is 0 Å². The molecule has 2 fully saturated rings. The third-order valence-corrected chi connectivity index (χ3v) is 5.55. The second-order valence-electron chi connectivity index (χ2n) is 7.09. The maximum atomic E-state index is 12.5. The summed E-state index contributed by atoms with van der Waals surface area (Å²) in [6.07, 6.45) is 4.56. The number of esters is 2. The molecule has 0 aromatic carbocycles. The number of carbonyl (C=O) groups is 2. The Morgan fingerprint density at radius 3 is 2.88 bits per heavy atom. The zero-order valence-electron chi connectivity index (χ0n) is 14.4. The Morgan fingerprint density at radius 2 is 2.17 bits per heavy atom. The van der Waals surface area contributed by atoms with Crippen molar-refractivity contribution in [1.82, 2.24) is 4.90 Å². The molecular formula is C18H25NO5. The van der Waals surface area contributed by atoms with E-state index < -0.39 is 17.5 Å². The molecule has 6 heteroatoms. The van der Waals surface area contributed by atoms with Gasteiger partial charge in [0, 0.05) is 18.7 Å². The lowest BCUT2D eigenvalue weighted by atomic mass is 9.85. The minimum absolute atomic E-state index is 0.0262. The number of nitrogens with zero attached hydrogens (tertiary/aromatic N) is 1. The molecule has 0 aromatic rings. The van der Waals surface area contributed by atoms with E-state index in [4.69, 9.17) is 9.47 Å². The van der Waals surface area contributed by atoms with Crippen LogP contribution in [0.15, 0.2) is 23.3 Å². The molecule has 1 N–H and O–H groups in total. The van der Waals surface area contributed by atoms with E-state index >= 15 is 0 Å². The molecule has 0 unspecified atom stereocenters. The van der Waals surface area contributed by atoms with Crippen LogP contribution in [0.1, 0.15) is 33.6 Å². The number of allylic oxidation sites excluding steroid dienone is 1. The monoisotopic (exact) mass is 335 g/mol. The molecule has 3 heterocycles. The van der Waals surface area contributed by atoms with Gasteiger partial charge in [-0.25, -0.2) is 9.59 Å². The smallest absolute Gasteiger partial charge is 0.338 e. The highest BCUT2D eigenvalue weighted by Crippen LogP contribution is 2.34. The molecule has 0 amide bonds. The summed E-state index contributed by atoms with van der Waals surface area (Å²) in [5.74, 6) is -1.46. The molecule has 3 aliphatic heterocycles. The summed E-state index contributed by atoms with van der Waals surface area (Å²) in [6.45, 7) is 6.71. The molecule has 132 valence electrons. The van der Waals surface area contributed by atoms with Crippen molar-refractivity contribution in [2.24, 2.45) is 5.92 Å². The van der Waals surface area contributed by atoms with Crippen molar-refractivity contribution in [3.05, 3.63) is 23.3 Å². The average molecular weight is 335 g/mol. The van der Waals surface area contributed by atoms with E-state index in [-0.39, 0.29) is 31.1 Å². The molecule has 0 radical (unpaired) electrons. The second kappa shape index (κ2) is 6.33. The number of ether oxygens (including phenoxy) is 2. The van der Waals surface area contributed by atoms with Crippen molar-refractivity contribution in [2.75, 3.05) is 19.7 Å². The van der Waals surface area contributed by atoms with Crippen LogP contribution in [0, 0.1) is 5.92 Å². The van der Waals surface area contributed by atoms with Gasteiger partial charge < -0.3 is 14.6 Å². The highest BCUT2D eigenvalue weighted by molar-refractivity contribution is 5.89. The topological polar surface area (TPSA) is 76.1 Å². The van der Waals surface area contributed by atoms with Crippen molar-refractivity contribution in [3.63, 3.8) is 0 Å². The van der Waals surface area contributed by atoms with Crippen molar-refractivity contribution >= 4 is 11.9 Å². The van der Waals surface area contributed by atoms with Gasteiger partial charge in [0.1, 0.15) is 12.7 Å². The van der Waals surface area contributed by atoms with Crippen LogP contribution in [-0.2, 0) is 19.1 Å². The lowest BCUT2D eigenvalue weighted by Crippen LogP contribution is -2.45. The molecule has 0 aromatic heterocycles. The highest BCUT2D eigenvalue weighted by atomic mass is 16.6. The normalized spacial score (nSPS) is 39.6. The molecule has 6 nitrogen and oxygen atoms in total. The standard InChI is InChI=1S/C18H25NO5/c1-4-12-9-11(2)18(3,22)17(21)23-10-13-5-7-19-8-6-14(15(13)19)24-16(12)20/h4-5,11,14-15,22H,6-10H2,1-3H3/b12-4+/t11-,14-,15-,18+/m1/s1. The SMILES string of the molecule is C/C=C1\C[C@@H](C)[C@](C)(O)C(=O)OCC2=CCN3CC[C@@H](OC1=O)[C@@H]23. The van der Waals surface area contributed by atoms with Gasteiger partial charge >= 0.3 is 11.9 Å². The molecule has 0 spiro atoms. The van der Waals surface area contributed by atoms with E-state index in [1.165, 1.54) is 6.92 Å². The minimum Gasteiger partial charge on any atom is -0.459 e. The summed E-state index contributed by atoms with van der Waals surface area (Å²) >= 11 is 0. The number of cyclic esters (lactones) is 1. The van der Waals surface area contributed by atoms with Gasteiger partial charge in [0.2, 0.25) is 0 Å². The fourth-order valence-electron chi connectivity index (χ4n) is 3.68. The lowest BCUT2D eigenvalue weighted by Gasteiger charge is -2.31. The molecule has 3 rings (SSSR count). The third-order valence-electron chi connectivity index (χ3n) is 5.55. The Morgan fingerprint density at radius 1 is 1.42 bits per heavy atom. The number of hydrogen-bond donors (Lipinski definition) is 1. The Labute approximate surface area is 142 Å². The van der Waals surface area contributed by atoms with Gasteiger partial charge in [-0.15, -0.1) is 0 Å². The molecule has 0 saturated carbocycles. The number of rotatable bonds is 0. The first-order valence-electron chi connectivity index (χ1n) is 8.53. The van der Waals surface area contributed by atoms with Crippen molar-refractivity contribution in [3.8, 4) is 0 Å². The predicted molar refractivity (Wildman–Crippen MR) is 87.1 cm³/mol. The lowest BCUT2D eigenvalue weighted by molar-refractivity contribution is -0.169. The van der Waals surface area contributed by atoms with Crippen LogP contribution < -0.4 is 0 Å². The Hall–Kier alpha value is -1.66. The maximum Gasteiger partial charge on any atom is 0.338 e. The average Bonchev–Trinajstić information content (AvgIpc) is 3.12. The number of carbonyl (C=O) groups excluding carboxylic acids is 2. The van der Waals surface area contributed by atoms with E-state index in [2.05, 4.69) is 4.90 Å². The van der Waals surface area contributed by atoms with E-state index in [9.17, 15) is 14.7 Å². The van der Waals surface area contributed by atoms with Crippen LogP contribution in [0.25, 0.3) is 0 Å². The van der Waals surface area contributed by atoms with Crippen LogP contribution >= 0.6 is 0 Å². The summed E-state index contributed by atoms with van der Waals surface area (Å²) in [7, 11) is 0. The summed E-state index contributed by atoms with van der Waals surface area (Å²) < 4.78 is 11.2. The molecular weight excluding hydrogens is 310 g/mol. The first-order valence-corrected chi connectivity index (χ1v) is 8.53. The first-order chi connectivity index (χ1) is 11.3. The summed E-state index contributed by atoms with van der Waals surface area (Å²) in [5.41, 5.74) is -0.218. The molecule has 4 atom stereocenters. The third kappa shape index (κ3) is 2.89. The second-order valence-corrected chi connectivity index (χ2v) is 7.09. The Kier molecular flexibility index (Phi) is 4.53. The van der Waals surface area contributed by atoms with Crippen molar-refractivity contribution in [1.29, 1.82) is 0 Å². The van der Waals surface area contributed by atoms with Crippen LogP contribution in [0.3, 0.4) is 0 Å². The Balaban J connectivity index is 1.91. The largest absolute Gasteiger partial charge is 0.459 e. The van der Waals surface area contributed by atoms with Gasteiger partial charge in [0.25, 0.3) is 0 Å². The Bertz CT molecular complexity index is 607. The van der Waals surface area contributed by atoms with Gasteiger partial charge in [0.15, 0.2) is 5.60 Å². The highest BCUT2D eigenvalue weighted by Gasteiger charge is 2.45. The predicted octanol–water partition coefficient (Wildman–Crippen LogP) is 1.19. The molecule has 0 aliphatic carbocycles. The summed E-state index contributed by atoms with van der Waals surface area (Å²) in [4.78, 5) is 27.1. The fraction of sp³-hybridized carbons (Fsp3) is 0.667. The quantitative estimate of drug-likeness (QED) is 0.407. The van der Waals surface area contributed by atoms with E-state index in [0.717, 1.165) is 25.1 Å². The van der Waals surface area contributed by atoms with Gasteiger partial charge in [0.05, 0.1) is 6.04 Å². The zero-order valence-corrected chi connectivity index (χ0v) is 14.4. The summed E-state index contributed by atoms with van der Waals surface area (Å²) in [6, 6.07) is -0.0262. The molecule has 0 bridgehead atoms. The fourth-order valence-corrected chi connectivity index (χ4v) is 3.68. The van der Waals surface area contributed by atoms with E-state index in [1.807, 2.05) is 6.08 Å². The molecule has 24 heavy (non-hydrogen) atoms. The van der Waals surface area contributed by atoms with Crippen LogP contribution in [0.5, 0.6) is 0 Å². The molecule has 2 saturated heterocycles. The van der Waals surface area contributed by atoms with Crippen LogP contribution in [0.2, 0.25) is 0 Å². The first kappa shape index (κ1) is 17.2. The summed E-state index contributed by atoms with van der Waals surface area (Å²) in [5, 5.41) is 10.6. The van der Waals surface area contributed by atoms with Gasteiger partial charge in [-0.05, 0) is 38.2 Å². The van der Waals surface area contributed by atoms with Gasteiger partial charge in [-0.3, -0.25) is 4.90 Å². The number of aliphatic hydroxyl groups is 1. The number of hydrogen-bond acceptors (Lipinski definition) is 6. The minimum atomic E-state index is -1.65. The zero-order chi connectivity index (χ0) is 17.5. The van der Waals surface area contributed by atoms with Crippen LogP contribution in [-0.4, -0.2) is 59.4 Å². The maximum absolute atomic E-state index is 12.5. The van der Waals surface area contributed by atoms with E-state index in [0.29, 0.717) is 5.57 Å². The van der Waals surface area contributed by atoms with Crippen molar-refractivity contribution in [2.45, 2.75) is 51.4 Å². The van der Waals surface area contributed by atoms with E-state index in [1.54, 1.807) is 19.9 Å².